The molecule has 0 aliphatic carbocycles. The molecule has 3 N–H and O–H groups in total. The van der Waals surface area contributed by atoms with Crippen molar-refractivity contribution >= 4 is 11.8 Å². The standard InChI is InChI=1S/C22H33N5O2/c1-6-23-22(25-14-17-11-12-24-21(13-17)27(4)5)26-15-20(28)18-7-9-19(10-8-18)29-16(2)3/h7-13,16,20,28H,6,14-15H2,1-5H3,(H2,23,25,26). The average Bonchev–Trinajstić information content (AvgIpc) is 2.70. The van der Waals surface area contributed by atoms with E-state index in [-0.39, 0.29) is 6.10 Å². The lowest BCUT2D eigenvalue weighted by atomic mass is 10.1. The second kappa shape index (κ2) is 11.3. The Morgan fingerprint density at radius 1 is 1.17 bits per heavy atom. The predicted octanol–water partition coefficient (Wildman–Crippen LogP) is 2.72. The molecular weight excluding hydrogens is 366 g/mol. The van der Waals surface area contributed by atoms with E-state index >= 15 is 0 Å². The van der Waals surface area contributed by atoms with Gasteiger partial charge in [0.05, 0.1) is 18.8 Å². The minimum Gasteiger partial charge on any atom is -0.491 e. The number of hydrogen-bond donors (Lipinski definition) is 3. The minimum absolute atomic E-state index is 0.125. The summed E-state index contributed by atoms with van der Waals surface area (Å²) in [4.78, 5) is 10.9. The van der Waals surface area contributed by atoms with E-state index in [1.165, 1.54) is 0 Å². The van der Waals surface area contributed by atoms with Gasteiger partial charge in [-0.05, 0) is 56.2 Å². The lowest BCUT2D eigenvalue weighted by molar-refractivity contribution is 0.180. The zero-order valence-electron chi connectivity index (χ0n) is 18.0. The molecule has 0 radical (unpaired) electrons. The van der Waals surface area contributed by atoms with Crippen LogP contribution in [0, 0.1) is 0 Å². The van der Waals surface area contributed by atoms with E-state index < -0.39 is 6.10 Å². The maximum absolute atomic E-state index is 10.5. The van der Waals surface area contributed by atoms with Crippen LogP contribution in [-0.2, 0) is 6.54 Å². The fourth-order valence-corrected chi connectivity index (χ4v) is 2.67. The largest absolute Gasteiger partial charge is 0.491 e. The molecular formula is C22H33N5O2. The van der Waals surface area contributed by atoms with Gasteiger partial charge in [0.25, 0.3) is 0 Å². The molecule has 0 amide bonds. The monoisotopic (exact) mass is 399 g/mol. The Kier molecular flexibility index (Phi) is 8.73. The lowest BCUT2D eigenvalue weighted by Gasteiger charge is -2.16. The first-order valence-corrected chi connectivity index (χ1v) is 9.98. The molecule has 1 unspecified atom stereocenters. The Hall–Kier alpha value is -2.80. The van der Waals surface area contributed by atoms with Crippen molar-refractivity contribution in [2.45, 2.75) is 39.5 Å². The van der Waals surface area contributed by atoms with Crippen LogP contribution >= 0.6 is 0 Å². The lowest BCUT2D eigenvalue weighted by Crippen LogP contribution is -2.39. The van der Waals surface area contributed by atoms with Crippen LogP contribution in [0.25, 0.3) is 0 Å². The highest BCUT2D eigenvalue weighted by Crippen LogP contribution is 2.18. The molecule has 0 saturated heterocycles. The Morgan fingerprint density at radius 2 is 1.90 bits per heavy atom. The molecule has 7 heteroatoms. The van der Waals surface area contributed by atoms with Crippen molar-refractivity contribution in [2.24, 2.45) is 4.99 Å². The van der Waals surface area contributed by atoms with Crippen LogP contribution in [0.1, 0.15) is 38.0 Å². The smallest absolute Gasteiger partial charge is 0.191 e. The van der Waals surface area contributed by atoms with E-state index in [0.29, 0.717) is 19.0 Å². The van der Waals surface area contributed by atoms with Gasteiger partial charge >= 0.3 is 0 Å². The number of ether oxygens (including phenoxy) is 1. The van der Waals surface area contributed by atoms with E-state index in [4.69, 9.17) is 4.74 Å². The van der Waals surface area contributed by atoms with Crippen molar-refractivity contribution in [3.63, 3.8) is 0 Å². The van der Waals surface area contributed by atoms with Crippen molar-refractivity contribution in [3.8, 4) is 5.75 Å². The van der Waals surface area contributed by atoms with Gasteiger partial charge in [0.2, 0.25) is 0 Å². The number of benzene rings is 1. The number of aliphatic imine (C=N–C) groups is 1. The summed E-state index contributed by atoms with van der Waals surface area (Å²) < 4.78 is 5.64. The molecule has 1 aromatic heterocycles. The third kappa shape index (κ3) is 7.62. The first-order chi connectivity index (χ1) is 13.9. The van der Waals surface area contributed by atoms with E-state index in [1.54, 1.807) is 6.20 Å². The fraction of sp³-hybridized carbons (Fsp3) is 0.455. The summed E-state index contributed by atoms with van der Waals surface area (Å²) in [5.41, 5.74) is 1.90. The number of pyridine rings is 1. The van der Waals surface area contributed by atoms with Crippen molar-refractivity contribution in [1.29, 1.82) is 0 Å². The summed E-state index contributed by atoms with van der Waals surface area (Å²) in [5.74, 6) is 2.36. The van der Waals surface area contributed by atoms with Crippen molar-refractivity contribution < 1.29 is 9.84 Å². The summed E-state index contributed by atoms with van der Waals surface area (Å²) in [6.45, 7) is 7.61. The van der Waals surface area contributed by atoms with Crippen LogP contribution < -0.4 is 20.3 Å². The first-order valence-electron chi connectivity index (χ1n) is 9.98. The van der Waals surface area contributed by atoms with Gasteiger partial charge in [-0.25, -0.2) is 9.98 Å². The van der Waals surface area contributed by atoms with Crippen molar-refractivity contribution in [3.05, 3.63) is 53.7 Å². The van der Waals surface area contributed by atoms with Crippen LogP contribution in [-0.4, -0.2) is 49.3 Å². The van der Waals surface area contributed by atoms with E-state index in [2.05, 4.69) is 20.6 Å². The van der Waals surface area contributed by atoms with Gasteiger partial charge in [0.15, 0.2) is 5.96 Å². The number of hydrogen-bond acceptors (Lipinski definition) is 5. The molecule has 0 saturated carbocycles. The van der Waals surface area contributed by atoms with Crippen LogP contribution in [0.15, 0.2) is 47.6 Å². The average molecular weight is 400 g/mol. The number of aromatic nitrogens is 1. The number of aliphatic hydroxyl groups is 1. The summed E-state index contributed by atoms with van der Waals surface area (Å²) in [6, 6.07) is 11.5. The molecule has 1 heterocycles. The molecule has 0 spiro atoms. The van der Waals surface area contributed by atoms with Crippen LogP contribution in [0.4, 0.5) is 5.82 Å². The van der Waals surface area contributed by atoms with Gasteiger partial charge in [-0.2, -0.15) is 0 Å². The topological polar surface area (TPSA) is 82.0 Å². The second-order valence-corrected chi connectivity index (χ2v) is 7.24. The molecule has 29 heavy (non-hydrogen) atoms. The highest BCUT2D eigenvalue weighted by molar-refractivity contribution is 5.79. The zero-order chi connectivity index (χ0) is 21.2. The SMILES string of the molecule is CCNC(=NCc1ccnc(N(C)C)c1)NCC(O)c1ccc(OC(C)C)cc1. The van der Waals surface area contributed by atoms with Crippen LogP contribution in [0.2, 0.25) is 0 Å². The highest BCUT2D eigenvalue weighted by Gasteiger charge is 2.09. The van der Waals surface area contributed by atoms with Gasteiger partial charge in [0, 0.05) is 33.4 Å². The third-order valence-corrected chi connectivity index (χ3v) is 4.13. The molecule has 0 aliphatic heterocycles. The maximum atomic E-state index is 10.5. The van der Waals surface area contributed by atoms with E-state index in [1.807, 2.05) is 76.2 Å². The quantitative estimate of drug-likeness (QED) is 0.444. The Balaban J connectivity index is 1.95. The summed E-state index contributed by atoms with van der Waals surface area (Å²) in [5, 5.41) is 16.9. The first kappa shape index (κ1) is 22.5. The highest BCUT2D eigenvalue weighted by atomic mass is 16.5. The second-order valence-electron chi connectivity index (χ2n) is 7.24. The Bertz CT molecular complexity index is 775. The summed E-state index contributed by atoms with van der Waals surface area (Å²) >= 11 is 0. The molecule has 2 aromatic rings. The number of rotatable bonds is 9. The van der Waals surface area contributed by atoms with Crippen LogP contribution in [0.5, 0.6) is 5.75 Å². The molecule has 7 nitrogen and oxygen atoms in total. The summed E-state index contributed by atoms with van der Waals surface area (Å²) in [7, 11) is 3.92. The molecule has 0 aliphatic rings. The normalized spacial score (nSPS) is 12.6. The van der Waals surface area contributed by atoms with Crippen LogP contribution in [0.3, 0.4) is 0 Å². The third-order valence-electron chi connectivity index (χ3n) is 4.13. The minimum atomic E-state index is -0.645. The van der Waals surface area contributed by atoms with Crippen molar-refractivity contribution in [2.75, 3.05) is 32.1 Å². The van der Waals surface area contributed by atoms with Gasteiger partial charge in [-0.15, -0.1) is 0 Å². The molecule has 0 fully saturated rings. The van der Waals surface area contributed by atoms with Gasteiger partial charge in [-0.1, -0.05) is 12.1 Å². The molecule has 158 valence electrons. The van der Waals surface area contributed by atoms with Gasteiger partial charge < -0.3 is 25.4 Å². The molecule has 1 aromatic carbocycles. The number of aliphatic hydroxyl groups excluding tert-OH is 1. The van der Waals surface area contributed by atoms with E-state index in [0.717, 1.165) is 29.2 Å². The molecule has 0 bridgehead atoms. The van der Waals surface area contributed by atoms with Gasteiger partial charge in [-0.3, -0.25) is 0 Å². The maximum Gasteiger partial charge on any atom is 0.191 e. The zero-order valence-corrected chi connectivity index (χ0v) is 18.0. The number of nitrogens with zero attached hydrogens (tertiary/aromatic N) is 3. The fourth-order valence-electron chi connectivity index (χ4n) is 2.67. The number of guanidine groups is 1. The molecule has 1 atom stereocenters. The van der Waals surface area contributed by atoms with E-state index in [9.17, 15) is 5.11 Å². The van der Waals surface area contributed by atoms with Gasteiger partial charge in [0.1, 0.15) is 11.6 Å². The Morgan fingerprint density at radius 3 is 2.52 bits per heavy atom. The summed E-state index contributed by atoms with van der Waals surface area (Å²) in [6.07, 6.45) is 1.27. The molecule has 2 rings (SSSR count). The predicted molar refractivity (Wildman–Crippen MR) is 119 cm³/mol. The van der Waals surface area contributed by atoms with Crippen molar-refractivity contribution in [1.82, 2.24) is 15.6 Å². The number of anilines is 1. The Labute approximate surface area is 173 Å². The number of nitrogens with one attached hydrogen (secondary N) is 2.